The van der Waals surface area contributed by atoms with E-state index in [0.717, 1.165) is 11.3 Å². The van der Waals surface area contributed by atoms with Gasteiger partial charge in [0.15, 0.2) is 0 Å². The molecule has 0 aliphatic heterocycles. The molecule has 0 fully saturated rings. The number of fused-ring (bicyclic) bond motifs is 3. The Morgan fingerprint density at radius 3 is 2.30 bits per heavy atom. The minimum absolute atomic E-state index is 1.07. The first-order chi connectivity index (χ1) is 9.93. The van der Waals surface area contributed by atoms with Gasteiger partial charge in [0.05, 0.1) is 5.69 Å². The maximum atomic E-state index is 4.54. The van der Waals surface area contributed by atoms with Crippen molar-refractivity contribution in [3.63, 3.8) is 0 Å². The average Bonchev–Trinajstić information content (AvgIpc) is 2.84. The van der Waals surface area contributed by atoms with Crippen LogP contribution in [0.1, 0.15) is 16.7 Å². The Bertz CT molecular complexity index is 757. The van der Waals surface area contributed by atoms with Gasteiger partial charge in [0.1, 0.15) is 0 Å². The lowest BCUT2D eigenvalue weighted by atomic mass is 10.0. The van der Waals surface area contributed by atoms with Crippen molar-refractivity contribution in [3.05, 3.63) is 83.8 Å². The van der Waals surface area contributed by atoms with Crippen molar-refractivity contribution in [2.45, 2.75) is 0 Å². The van der Waals surface area contributed by atoms with Crippen LogP contribution in [0.3, 0.4) is 0 Å². The first-order valence-electron chi connectivity index (χ1n) is 6.60. The monoisotopic (exact) mass is 256 g/mol. The van der Waals surface area contributed by atoms with Gasteiger partial charge in [0, 0.05) is 29.7 Å². The Balaban J connectivity index is 1.99. The average molecular weight is 256 g/mol. The van der Waals surface area contributed by atoms with Crippen LogP contribution in [0.15, 0.2) is 67.1 Å². The summed E-state index contributed by atoms with van der Waals surface area (Å²) in [6.07, 6.45) is 7.69. The molecule has 2 heteroatoms. The van der Waals surface area contributed by atoms with E-state index < -0.39 is 0 Å². The van der Waals surface area contributed by atoms with Crippen molar-refractivity contribution in [1.82, 2.24) is 9.97 Å². The van der Waals surface area contributed by atoms with Gasteiger partial charge in [0.25, 0.3) is 0 Å². The minimum Gasteiger partial charge on any atom is -0.265 e. The zero-order valence-corrected chi connectivity index (χ0v) is 10.8. The molecule has 0 atom stereocenters. The van der Waals surface area contributed by atoms with Crippen LogP contribution < -0.4 is 0 Å². The maximum absolute atomic E-state index is 4.54. The number of nitrogens with zero attached hydrogens (tertiary/aromatic N) is 2. The summed E-state index contributed by atoms with van der Waals surface area (Å²) in [5, 5.41) is 0. The lowest BCUT2D eigenvalue weighted by Gasteiger charge is -2.02. The predicted octanol–water partition coefficient (Wildman–Crippen LogP) is 4.05. The van der Waals surface area contributed by atoms with Crippen LogP contribution in [0.4, 0.5) is 0 Å². The third-order valence-electron chi connectivity index (χ3n) is 3.59. The Morgan fingerprint density at radius 1 is 0.700 bits per heavy atom. The summed E-state index contributed by atoms with van der Waals surface area (Å²) in [5.41, 5.74) is 7.12. The summed E-state index contributed by atoms with van der Waals surface area (Å²) in [4.78, 5) is 8.61. The van der Waals surface area contributed by atoms with Gasteiger partial charge in [-0.15, -0.1) is 0 Å². The Kier molecular flexibility index (Phi) is 2.46. The molecule has 0 radical (unpaired) electrons. The van der Waals surface area contributed by atoms with E-state index in [0.29, 0.717) is 0 Å². The van der Waals surface area contributed by atoms with Crippen LogP contribution in [-0.2, 0) is 0 Å². The highest BCUT2D eigenvalue weighted by atomic mass is 14.7. The summed E-state index contributed by atoms with van der Waals surface area (Å²) in [7, 11) is 0. The van der Waals surface area contributed by atoms with Crippen molar-refractivity contribution < 1.29 is 0 Å². The highest BCUT2D eigenvalue weighted by molar-refractivity contribution is 6.05. The predicted molar refractivity (Wildman–Crippen MR) is 80.9 cm³/mol. The molecule has 0 bridgehead atoms. The molecule has 0 N–H and O–H groups in total. The zero-order valence-electron chi connectivity index (χ0n) is 10.8. The number of pyridine rings is 2. The molecule has 0 amide bonds. The zero-order chi connectivity index (χ0) is 13.4. The molecule has 2 aromatic heterocycles. The molecule has 0 unspecified atom stereocenters. The van der Waals surface area contributed by atoms with Crippen LogP contribution in [0, 0.1) is 0 Å². The van der Waals surface area contributed by atoms with Crippen LogP contribution in [0.2, 0.25) is 0 Å². The van der Waals surface area contributed by atoms with E-state index in [9.17, 15) is 0 Å². The van der Waals surface area contributed by atoms with Gasteiger partial charge in [-0.25, -0.2) is 0 Å². The molecular formula is C18H12N2. The van der Waals surface area contributed by atoms with E-state index in [4.69, 9.17) is 0 Å². The fraction of sp³-hybridized carbons (Fsp3) is 0. The van der Waals surface area contributed by atoms with Crippen molar-refractivity contribution in [3.8, 4) is 11.3 Å². The first-order valence-corrected chi connectivity index (χ1v) is 6.60. The van der Waals surface area contributed by atoms with E-state index >= 15 is 0 Å². The highest BCUT2D eigenvalue weighted by Crippen LogP contribution is 2.43. The van der Waals surface area contributed by atoms with Crippen LogP contribution in [-0.4, -0.2) is 9.97 Å². The van der Waals surface area contributed by atoms with Gasteiger partial charge >= 0.3 is 0 Å². The van der Waals surface area contributed by atoms with Gasteiger partial charge in [-0.1, -0.05) is 30.3 Å². The molecule has 0 saturated heterocycles. The standard InChI is InChI=1S/C18H12N2/c1-2-5-15-14(4-1)17(12-13-7-10-19-11-8-13)16-6-3-9-20-18(15)16/h1-12H/b17-12-. The molecule has 0 spiro atoms. The SMILES string of the molecule is C(=C1\c2ccccc2-c2ncccc21)/c1ccncc1. The fourth-order valence-corrected chi connectivity index (χ4v) is 2.69. The number of aromatic nitrogens is 2. The van der Waals surface area contributed by atoms with Gasteiger partial charge in [-0.05, 0) is 41.0 Å². The molecule has 94 valence electrons. The largest absolute Gasteiger partial charge is 0.265 e. The number of hydrogen-bond donors (Lipinski definition) is 0. The third kappa shape index (κ3) is 1.66. The quantitative estimate of drug-likeness (QED) is 0.513. The van der Waals surface area contributed by atoms with Crippen LogP contribution >= 0.6 is 0 Å². The van der Waals surface area contributed by atoms with Crippen molar-refractivity contribution in [2.24, 2.45) is 0 Å². The first kappa shape index (κ1) is 11.1. The van der Waals surface area contributed by atoms with Gasteiger partial charge in [-0.2, -0.15) is 0 Å². The summed E-state index contributed by atoms with van der Waals surface area (Å²) in [6.45, 7) is 0. The van der Waals surface area contributed by atoms with Gasteiger partial charge in [0.2, 0.25) is 0 Å². The number of hydrogen-bond acceptors (Lipinski definition) is 2. The molecule has 1 aromatic carbocycles. The number of benzene rings is 1. The third-order valence-corrected chi connectivity index (χ3v) is 3.59. The Hall–Kier alpha value is -2.74. The number of rotatable bonds is 1. The lowest BCUT2D eigenvalue weighted by Crippen LogP contribution is -1.83. The second-order valence-corrected chi connectivity index (χ2v) is 4.78. The normalized spacial score (nSPS) is 14.1. The highest BCUT2D eigenvalue weighted by Gasteiger charge is 2.23. The Labute approximate surface area is 117 Å². The van der Waals surface area contributed by atoms with Crippen molar-refractivity contribution >= 4 is 11.6 Å². The Morgan fingerprint density at radius 2 is 1.45 bits per heavy atom. The molecule has 2 heterocycles. The minimum atomic E-state index is 1.07. The molecule has 0 saturated carbocycles. The molecule has 20 heavy (non-hydrogen) atoms. The van der Waals surface area contributed by atoms with E-state index in [2.05, 4.69) is 46.4 Å². The van der Waals surface area contributed by atoms with Crippen molar-refractivity contribution in [2.75, 3.05) is 0 Å². The molecule has 4 rings (SSSR count). The maximum Gasteiger partial charge on any atom is 0.0786 e. The van der Waals surface area contributed by atoms with Gasteiger partial charge < -0.3 is 0 Å². The van der Waals surface area contributed by atoms with E-state index in [1.807, 2.05) is 36.8 Å². The van der Waals surface area contributed by atoms with Gasteiger partial charge in [-0.3, -0.25) is 9.97 Å². The van der Waals surface area contributed by atoms with E-state index in [1.54, 1.807) is 0 Å². The summed E-state index contributed by atoms with van der Waals surface area (Å²) >= 11 is 0. The van der Waals surface area contributed by atoms with E-state index in [1.165, 1.54) is 22.3 Å². The topological polar surface area (TPSA) is 25.8 Å². The molecular weight excluding hydrogens is 244 g/mol. The summed E-state index contributed by atoms with van der Waals surface area (Å²) < 4.78 is 0. The van der Waals surface area contributed by atoms with E-state index in [-0.39, 0.29) is 0 Å². The van der Waals surface area contributed by atoms with Crippen LogP contribution in [0.5, 0.6) is 0 Å². The molecule has 1 aliphatic rings. The fourth-order valence-electron chi connectivity index (χ4n) is 2.69. The molecule has 1 aliphatic carbocycles. The smallest absolute Gasteiger partial charge is 0.0786 e. The van der Waals surface area contributed by atoms with Crippen LogP contribution in [0.25, 0.3) is 22.9 Å². The molecule has 3 aromatic rings. The summed E-state index contributed by atoms with van der Waals surface area (Å²) in [5.74, 6) is 0. The summed E-state index contributed by atoms with van der Waals surface area (Å²) in [6, 6.07) is 16.6. The lowest BCUT2D eigenvalue weighted by molar-refractivity contribution is 1.32. The molecule has 2 nitrogen and oxygen atoms in total. The second-order valence-electron chi connectivity index (χ2n) is 4.78. The van der Waals surface area contributed by atoms with Crippen molar-refractivity contribution in [1.29, 1.82) is 0 Å². The second kappa shape index (κ2) is 4.42.